The third-order valence-electron chi connectivity index (χ3n) is 3.48. The maximum absolute atomic E-state index is 4.24. The molecule has 20 heavy (non-hydrogen) atoms. The molecular formula is C15H23N5. The smallest absolute Gasteiger partial charge is 0.117 e. The maximum Gasteiger partial charge on any atom is 0.117 e. The third kappa shape index (κ3) is 3.88. The predicted octanol–water partition coefficient (Wildman–Crippen LogP) is 1.90. The molecule has 2 rings (SSSR count). The lowest BCUT2D eigenvalue weighted by molar-refractivity contribution is 0.273. The highest BCUT2D eigenvalue weighted by Crippen LogP contribution is 2.18. The molecular weight excluding hydrogens is 250 g/mol. The largest absolute Gasteiger partial charge is 0.310 e. The fourth-order valence-electron chi connectivity index (χ4n) is 1.92. The highest BCUT2D eigenvalue weighted by atomic mass is 15.3. The molecule has 1 heterocycles. The highest BCUT2D eigenvalue weighted by Gasteiger charge is 2.09. The van der Waals surface area contributed by atoms with E-state index in [0.29, 0.717) is 6.04 Å². The van der Waals surface area contributed by atoms with Crippen molar-refractivity contribution < 1.29 is 0 Å². The summed E-state index contributed by atoms with van der Waals surface area (Å²) >= 11 is 0. The van der Waals surface area contributed by atoms with Gasteiger partial charge in [0.1, 0.15) is 11.4 Å². The molecule has 108 valence electrons. The molecule has 5 nitrogen and oxygen atoms in total. The second kappa shape index (κ2) is 7.17. The van der Waals surface area contributed by atoms with Crippen LogP contribution in [-0.4, -0.2) is 46.5 Å². The number of H-pyrrole nitrogens is 1. The molecule has 0 aliphatic heterocycles. The number of aromatic nitrogens is 3. The van der Waals surface area contributed by atoms with Crippen LogP contribution in [0.1, 0.15) is 19.5 Å². The summed E-state index contributed by atoms with van der Waals surface area (Å²) in [5.41, 5.74) is 2.98. The first-order valence-electron chi connectivity index (χ1n) is 7.04. The topological polar surface area (TPSA) is 56.8 Å². The number of likely N-dealkylation sites (N-methyl/N-ethyl adjacent to an activating group) is 1. The second-order valence-corrected chi connectivity index (χ2v) is 5.24. The molecule has 0 saturated heterocycles. The lowest BCUT2D eigenvalue weighted by atomic mass is 10.1. The minimum Gasteiger partial charge on any atom is -0.310 e. The van der Waals surface area contributed by atoms with Gasteiger partial charge in [-0.05, 0) is 20.9 Å². The molecule has 0 radical (unpaired) electrons. The van der Waals surface area contributed by atoms with Crippen LogP contribution < -0.4 is 5.32 Å². The minimum atomic E-state index is 0.573. The number of nitrogens with zero attached hydrogens (tertiary/aromatic N) is 3. The van der Waals surface area contributed by atoms with E-state index in [9.17, 15) is 0 Å². The van der Waals surface area contributed by atoms with E-state index in [1.54, 1.807) is 0 Å². The van der Waals surface area contributed by atoms with Gasteiger partial charge in [0.25, 0.3) is 0 Å². The fraction of sp³-hybridized carbons (Fsp3) is 0.467. The van der Waals surface area contributed by atoms with Gasteiger partial charge in [-0.2, -0.15) is 15.4 Å². The molecule has 0 amide bonds. The zero-order valence-electron chi connectivity index (χ0n) is 12.4. The second-order valence-electron chi connectivity index (χ2n) is 5.24. The highest BCUT2D eigenvalue weighted by molar-refractivity contribution is 5.60. The first kappa shape index (κ1) is 14.7. The quantitative estimate of drug-likeness (QED) is 0.757. The monoisotopic (exact) mass is 273 g/mol. The van der Waals surface area contributed by atoms with Gasteiger partial charge in [-0.15, -0.1) is 0 Å². The van der Waals surface area contributed by atoms with Crippen LogP contribution in [0.15, 0.2) is 30.3 Å². The standard InChI is InChI=1S/C15H23N5/c1-12(2)20(3)10-9-16-11-14-15(18-19-17-14)13-7-5-4-6-8-13/h4-8,12,16H,9-11H2,1-3H3,(H,17,18,19). The molecule has 0 aliphatic rings. The van der Waals surface area contributed by atoms with E-state index in [4.69, 9.17) is 0 Å². The molecule has 0 fully saturated rings. The van der Waals surface area contributed by atoms with Gasteiger partial charge in [0.2, 0.25) is 0 Å². The van der Waals surface area contributed by atoms with Crippen molar-refractivity contribution in [2.75, 3.05) is 20.1 Å². The number of nitrogens with one attached hydrogen (secondary N) is 2. The Hall–Kier alpha value is -1.72. The van der Waals surface area contributed by atoms with Crippen LogP contribution in [0.4, 0.5) is 0 Å². The Morgan fingerprint density at radius 1 is 1.20 bits per heavy atom. The molecule has 2 aromatic rings. The van der Waals surface area contributed by atoms with E-state index in [1.807, 2.05) is 30.3 Å². The van der Waals surface area contributed by atoms with Crippen LogP contribution in [0.5, 0.6) is 0 Å². The predicted molar refractivity (Wildman–Crippen MR) is 81.3 cm³/mol. The van der Waals surface area contributed by atoms with Gasteiger partial charge in [-0.3, -0.25) is 0 Å². The van der Waals surface area contributed by atoms with Gasteiger partial charge >= 0.3 is 0 Å². The van der Waals surface area contributed by atoms with Gasteiger partial charge < -0.3 is 10.2 Å². The minimum absolute atomic E-state index is 0.573. The van der Waals surface area contributed by atoms with E-state index in [1.165, 1.54) is 0 Å². The van der Waals surface area contributed by atoms with E-state index in [2.05, 4.69) is 46.5 Å². The lowest BCUT2D eigenvalue weighted by Gasteiger charge is -2.20. The van der Waals surface area contributed by atoms with Gasteiger partial charge in [-0.25, -0.2) is 0 Å². The Balaban J connectivity index is 1.87. The third-order valence-corrected chi connectivity index (χ3v) is 3.48. The van der Waals surface area contributed by atoms with Gasteiger partial charge in [0.15, 0.2) is 0 Å². The van der Waals surface area contributed by atoms with Crippen molar-refractivity contribution in [3.8, 4) is 11.3 Å². The molecule has 1 aromatic carbocycles. The van der Waals surface area contributed by atoms with Crippen molar-refractivity contribution in [2.24, 2.45) is 0 Å². The number of aromatic amines is 1. The summed E-state index contributed by atoms with van der Waals surface area (Å²) in [6.07, 6.45) is 0. The number of hydrogen-bond acceptors (Lipinski definition) is 4. The Morgan fingerprint density at radius 3 is 2.65 bits per heavy atom. The van der Waals surface area contributed by atoms with Crippen LogP contribution in [0.25, 0.3) is 11.3 Å². The molecule has 0 spiro atoms. The first-order valence-corrected chi connectivity index (χ1v) is 7.04. The average Bonchev–Trinajstić information content (AvgIpc) is 2.92. The molecule has 1 aromatic heterocycles. The van der Waals surface area contributed by atoms with Crippen molar-refractivity contribution in [2.45, 2.75) is 26.4 Å². The zero-order valence-corrected chi connectivity index (χ0v) is 12.4. The van der Waals surface area contributed by atoms with Crippen LogP contribution >= 0.6 is 0 Å². The van der Waals surface area contributed by atoms with Crippen molar-refractivity contribution in [1.29, 1.82) is 0 Å². The summed E-state index contributed by atoms with van der Waals surface area (Å²) in [4.78, 5) is 2.31. The van der Waals surface area contributed by atoms with Crippen LogP contribution in [0, 0.1) is 0 Å². The number of hydrogen-bond donors (Lipinski definition) is 2. The van der Waals surface area contributed by atoms with Gasteiger partial charge in [-0.1, -0.05) is 30.3 Å². The summed E-state index contributed by atoms with van der Waals surface area (Å²) in [5.74, 6) is 0. The summed E-state index contributed by atoms with van der Waals surface area (Å²) in [6.45, 7) is 7.09. The summed E-state index contributed by atoms with van der Waals surface area (Å²) < 4.78 is 0. The average molecular weight is 273 g/mol. The molecule has 0 saturated carbocycles. The van der Waals surface area contributed by atoms with Crippen molar-refractivity contribution in [3.63, 3.8) is 0 Å². The van der Waals surface area contributed by atoms with Crippen LogP contribution in [0.3, 0.4) is 0 Å². The van der Waals surface area contributed by atoms with Crippen molar-refractivity contribution >= 4 is 0 Å². The molecule has 0 bridgehead atoms. The molecule has 0 atom stereocenters. The summed E-state index contributed by atoms with van der Waals surface area (Å²) in [5, 5.41) is 14.6. The molecule has 2 N–H and O–H groups in total. The van der Waals surface area contributed by atoms with Crippen molar-refractivity contribution in [3.05, 3.63) is 36.0 Å². The number of rotatable bonds is 7. The van der Waals surface area contributed by atoms with Gasteiger partial charge in [0.05, 0.1) is 0 Å². The molecule has 5 heteroatoms. The Labute approximate surface area is 120 Å². The van der Waals surface area contributed by atoms with Crippen molar-refractivity contribution in [1.82, 2.24) is 25.6 Å². The fourth-order valence-corrected chi connectivity index (χ4v) is 1.92. The normalized spacial score (nSPS) is 11.4. The Bertz CT molecular complexity index is 506. The van der Waals surface area contributed by atoms with E-state index in [-0.39, 0.29) is 0 Å². The SMILES string of the molecule is CC(C)N(C)CCNCc1n[nH]nc1-c1ccccc1. The molecule has 0 aliphatic carbocycles. The first-order chi connectivity index (χ1) is 9.68. The lowest BCUT2D eigenvalue weighted by Crippen LogP contribution is -2.33. The van der Waals surface area contributed by atoms with E-state index < -0.39 is 0 Å². The zero-order chi connectivity index (χ0) is 14.4. The summed E-state index contributed by atoms with van der Waals surface area (Å²) in [6, 6.07) is 10.7. The molecule has 0 unspecified atom stereocenters. The Morgan fingerprint density at radius 2 is 1.95 bits per heavy atom. The summed E-state index contributed by atoms with van der Waals surface area (Å²) in [7, 11) is 2.14. The van der Waals surface area contributed by atoms with E-state index in [0.717, 1.165) is 36.6 Å². The number of benzene rings is 1. The Kier molecular flexibility index (Phi) is 5.26. The van der Waals surface area contributed by atoms with Crippen LogP contribution in [-0.2, 0) is 6.54 Å². The van der Waals surface area contributed by atoms with Crippen LogP contribution in [0.2, 0.25) is 0 Å². The maximum atomic E-state index is 4.24. The van der Waals surface area contributed by atoms with Gasteiger partial charge in [0, 0.05) is 31.2 Å². The van der Waals surface area contributed by atoms with E-state index >= 15 is 0 Å².